The third kappa shape index (κ3) is 3.47. The van der Waals surface area contributed by atoms with E-state index in [1.165, 1.54) is 6.07 Å². The number of aliphatic hydroxyl groups is 1. The second-order valence-corrected chi connectivity index (χ2v) is 4.51. The topological polar surface area (TPSA) is 66.8 Å². The molecule has 0 atom stereocenters. The van der Waals surface area contributed by atoms with Crippen molar-refractivity contribution in [2.75, 3.05) is 6.61 Å². The van der Waals surface area contributed by atoms with Gasteiger partial charge in [0.15, 0.2) is 0 Å². The van der Waals surface area contributed by atoms with Gasteiger partial charge in [-0.15, -0.1) is 0 Å². The molecule has 100 valence electrons. The summed E-state index contributed by atoms with van der Waals surface area (Å²) in [7, 11) is 0. The minimum atomic E-state index is -0.955. The zero-order valence-electron chi connectivity index (χ0n) is 11.1. The Kier molecular flexibility index (Phi) is 4.73. The predicted molar refractivity (Wildman–Crippen MR) is 69.2 cm³/mol. The van der Waals surface area contributed by atoms with E-state index in [9.17, 15) is 9.90 Å². The zero-order chi connectivity index (χ0) is 13.8. The lowest BCUT2D eigenvalue weighted by Crippen LogP contribution is -2.34. The average Bonchev–Trinajstić information content (AvgIpc) is 2.36. The molecule has 1 aromatic carbocycles. The van der Waals surface area contributed by atoms with E-state index in [0.29, 0.717) is 18.6 Å². The van der Waals surface area contributed by atoms with E-state index < -0.39 is 11.6 Å². The van der Waals surface area contributed by atoms with Crippen LogP contribution in [-0.2, 0) is 0 Å². The van der Waals surface area contributed by atoms with Gasteiger partial charge < -0.3 is 14.9 Å². The lowest BCUT2D eigenvalue weighted by molar-refractivity contribution is -0.0115. The first-order valence-corrected chi connectivity index (χ1v) is 6.11. The molecule has 0 radical (unpaired) electrons. The number of ether oxygens (including phenoxy) is 1. The number of hydrogen-bond acceptors (Lipinski definition) is 3. The van der Waals surface area contributed by atoms with Crippen LogP contribution in [0.3, 0.4) is 0 Å². The maximum absolute atomic E-state index is 10.8. The molecule has 0 fully saturated rings. The Hall–Kier alpha value is -1.55. The van der Waals surface area contributed by atoms with Gasteiger partial charge in [-0.1, -0.05) is 13.8 Å². The Labute approximate surface area is 107 Å². The van der Waals surface area contributed by atoms with Crippen molar-refractivity contribution in [3.63, 3.8) is 0 Å². The number of rotatable bonds is 6. The summed E-state index contributed by atoms with van der Waals surface area (Å²) in [6.45, 7) is 5.83. The highest BCUT2D eigenvalue weighted by Gasteiger charge is 2.23. The van der Waals surface area contributed by atoms with Crippen molar-refractivity contribution in [3.05, 3.63) is 29.3 Å². The van der Waals surface area contributed by atoms with Crippen LogP contribution < -0.4 is 4.74 Å². The van der Waals surface area contributed by atoms with Crippen LogP contribution in [0.15, 0.2) is 18.2 Å². The standard InChI is InChI=1S/C14H20O4/c1-4-14(17,5-2)9-18-12-7-6-11(13(15)16)8-10(12)3/h6-8,17H,4-5,9H2,1-3H3,(H,15,16). The first-order valence-electron chi connectivity index (χ1n) is 6.11. The number of carbonyl (C=O) groups is 1. The molecule has 0 spiro atoms. The molecule has 2 N–H and O–H groups in total. The Morgan fingerprint density at radius 2 is 1.94 bits per heavy atom. The van der Waals surface area contributed by atoms with Gasteiger partial charge in [0.2, 0.25) is 0 Å². The van der Waals surface area contributed by atoms with Gasteiger partial charge in [-0.05, 0) is 43.5 Å². The summed E-state index contributed by atoms with van der Waals surface area (Å²) in [5, 5.41) is 19.0. The monoisotopic (exact) mass is 252 g/mol. The molecule has 0 aromatic heterocycles. The van der Waals surface area contributed by atoms with E-state index in [1.54, 1.807) is 19.1 Å². The minimum Gasteiger partial charge on any atom is -0.490 e. The van der Waals surface area contributed by atoms with Crippen molar-refractivity contribution in [2.24, 2.45) is 0 Å². The molecule has 0 bridgehead atoms. The van der Waals surface area contributed by atoms with Gasteiger partial charge in [0, 0.05) is 0 Å². The van der Waals surface area contributed by atoms with Crippen molar-refractivity contribution in [1.82, 2.24) is 0 Å². The summed E-state index contributed by atoms with van der Waals surface area (Å²) in [6, 6.07) is 4.70. The largest absolute Gasteiger partial charge is 0.490 e. The molecule has 4 heteroatoms. The van der Waals surface area contributed by atoms with Crippen molar-refractivity contribution < 1.29 is 19.7 Å². The molecule has 0 amide bonds. The minimum absolute atomic E-state index is 0.216. The van der Waals surface area contributed by atoms with Crippen LogP contribution >= 0.6 is 0 Å². The van der Waals surface area contributed by atoms with Crippen LogP contribution in [-0.4, -0.2) is 28.4 Å². The zero-order valence-corrected chi connectivity index (χ0v) is 11.1. The van der Waals surface area contributed by atoms with Gasteiger partial charge in [-0.3, -0.25) is 0 Å². The second kappa shape index (κ2) is 5.87. The maximum atomic E-state index is 10.8. The van der Waals surface area contributed by atoms with Gasteiger partial charge >= 0.3 is 5.97 Å². The Balaban J connectivity index is 2.77. The fourth-order valence-corrected chi connectivity index (χ4v) is 1.61. The highest BCUT2D eigenvalue weighted by molar-refractivity contribution is 5.88. The number of aromatic carboxylic acids is 1. The van der Waals surface area contributed by atoms with E-state index in [-0.39, 0.29) is 12.2 Å². The van der Waals surface area contributed by atoms with Crippen molar-refractivity contribution in [1.29, 1.82) is 0 Å². The van der Waals surface area contributed by atoms with Crippen LogP contribution in [0.5, 0.6) is 5.75 Å². The molecule has 0 saturated carbocycles. The predicted octanol–water partition coefficient (Wildman–Crippen LogP) is 2.62. The molecule has 4 nitrogen and oxygen atoms in total. The summed E-state index contributed by atoms with van der Waals surface area (Å²) in [4.78, 5) is 10.8. The third-order valence-electron chi connectivity index (χ3n) is 3.23. The van der Waals surface area contributed by atoms with Crippen LogP contribution in [0, 0.1) is 6.92 Å². The summed E-state index contributed by atoms with van der Waals surface area (Å²) in [5.74, 6) is -0.344. The fourth-order valence-electron chi connectivity index (χ4n) is 1.61. The van der Waals surface area contributed by atoms with E-state index >= 15 is 0 Å². The van der Waals surface area contributed by atoms with Crippen LogP contribution in [0.1, 0.15) is 42.6 Å². The lowest BCUT2D eigenvalue weighted by atomic mass is 9.99. The van der Waals surface area contributed by atoms with Gasteiger partial charge in [-0.2, -0.15) is 0 Å². The summed E-state index contributed by atoms with van der Waals surface area (Å²) >= 11 is 0. The van der Waals surface area contributed by atoms with Gasteiger partial charge in [0.1, 0.15) is 12.4 Å². The number of benzene rings is 1. The number of carboxylic acids is 1. The Bertz CT molecular complexity index is 422. The summed E-state index contributed by atoms with van der Waals surface area (Å²) in [6.07, 6.45) is 1.24. The van der Waals surface area contributed by atoms with E-state index in [4.69, 9.17) is 9.84 Å². The van der Waals surface area contributed by atoms with E-state index in [2.05, 4.69) is 0 Å². The number of aryl methyl sites for hydroxylation is 1. The lowest BCUT2D eigenvalue weighted by Gasteiger charge is -2.25. The molecule has 1 rings (SSSR count). The van der Waals surface area contributed by atoms with E-state index in [0.717, 1.165) is 5.56 Å². The number of carboxylic acid groups (broad SMARTS) is 1. The highest BCUT2D eigenvalue weighted by Crippen LogP contribution is 2.22. The Morgan fingerprint density at radius 3 is 2.39 bits per heavy atom. The molecule has 18 heavy (non-hydrogen) atoms. The summed E-state index contributed by atoms with van der Waals surface area (Å²) < 4.78 is 5.58. The molecule has 0 aliphatic carbocycles. The van der Waals surface area contributed by atoms with Crippen molar-refractivity contribution in [3.8, 4) is 5.75 Å². The Morgan fingerprint density at radius 1 is 1.33 bits per heavy atom. The van der Waals surface area contributed by atoms with Gasteiger partial charge in [0.25, 0.3) is 0 Å². The van der Waals surface area contributed by atoms with Crippen LogP contribution in [0.25, 0.3) is 0 Å². The molecule has 0 aliphatic rings. The van der Waals surface area contributed by atoms with Gasteiger partial charge in [0.05, 0.1) is 11.2 Å². The van der Waals surface area contributed by atoms with E-state index in [1.807, 2.05) is 13.8 Å². The molecule has 0 heterocycles. The molecule has 0 aliphatic heterocycles. The molecule has 1 aromatic rings. The molecular weight excluding hydrogens is 232 g/mol. The second-order valence-electron chi connectivity index (χ2n) is 4.51. The van der Waals surface area contributed by atoms with Crippen molar-refractivity contribution in [2.45, 2.75) is 39.2 Å². The normalized spacial score (nSPS) is 11.3. The molecule has 0 saturated heterocycles. The van der Waals surface area contributed by atoms with Crippen LogP contribution in [0.4, 0.5) is 0 Å². The highest BCUT2D eigenvalue weighted by atomic mass is 16.5. The van der Waals surface area contributed by atoms with Gasteiger partial charge in [-0.25, -0.2) is 4.79 Å². The van der Waals surface area contributed by atoms with Crippen molar-refractivity contribution >= 4 is 5.97 Å². The first kappa shape index (κ1) is 14.5. The SMILES string of the molecule is CCC(O)(CC)COc1ccc(C(=O)O)cc1C. The molecule has 0 unspecified atom stereocenters. The first-order chi connectivity index (χ1) is 8.41. The molecular formula is C14H20O4. The fraction of sp³-hybridized carbons (Fsp3) is 0.500. The average molecular weight is 252 g/mol. The smallest absolute Gasteiger partial charge is 0.335 e. The third-order valence-corrected chi connectivity index (χ3v) is 3.23. The number of hydrogen-bond donors (Lipinski definition) is 2. The van der Waals surface area contributed by atoms with Crippen LogP contribution in [0.2, 0.25) is 0 Å². The quantitative estimate of drug-likeness (QED) is 0.816. The maximum Gasteiger partial charge on any atom is 0.335 e. The summed E-state index contributed by atoms with van der Waals surface area (Å²) in [5.41, 5.74) is 0.170.